The van der Waals surface area contributed by atoms with Crippen LogP contribution < -0.4 is 5.32 Å². The van der Waals surface area contributed by atoms with Crippen LogP contribution in [0.2, 0.25) is 0 Å². The van der Waals surface area contributed by atoms with E-state index in [1.165, 1.54) is 0 Å². The molecule has 1 saturated heterocycles. The highest BCUT2D eigenvalue weighted by Gasteiger charge is 2.29. The predicted molar refractivity (Wildman–Crippen MR) is 92.2 cm³/mol. The molecule has 0 aliphatic carbocycles. The zero-order valence-corrected chi connectivity index (χ0v) is 14.5. The van der Waals surface area contributed by atoms with E-state index in [4.69, 9.17) is 0 Å². The summed E-state index contributed by atoms with van der Waals surface area (Å²) >= 11 is 1.65. The second-order valence-electron chi connectivity index (χ2n) is 5.70. The Bertz CT molecular complexity index is 830. The number of thioether (sulfide) groups is 1. The number of para-hydroxylation sites is 2. The molecule has 23 heavy (non-hydrogen) atoms. The quantitative estimate of drug-likeness (QED) is 0.874. The highest BCUT2D eigenvalue weighted by atomic mass is 32.2. The number of hydrogen-bond donors (Lipinski definition) is 1. The van der Waals surface area contributed by atoms with Gasteiger partial charge in [0.15, 0.2) is 9.84 Å². The number of amides is 1. The number of benzene rings is 1. The number of carbonyl (C=O) groups excluding carboxylic acids is 1. The zero-order valence-electron chi connectivity index (χ0n) is 12.9. The summed E-state index contributed by atoms with van der Waals surface area (Å²) in [5.74, 6) is 1.61. The van der Waals surface area contributed by atoms with E-state index in [0.29, 0.717) is 6.42 Å². The maximum atomic E-state index is 12.3. The number of hydrogen-bond acceptors (Lipinski definition) is 5. The smallest absolute Gasteiger partial charge is 0.240 e. The summed E-state index contributed by atoms with van der Waals surface area (Å²) in [5, 5.41) is 2.83. The first-order chi connectivity index (χ1) is 11.0. The number of nitrogens with one attached hydrogen (secondary N) is 1. The Hall–Kier alpha value is -1.54. The van der Waals surface area contributed by atoms with Crippen molar-refractivity contribution >= 4 is 38.5 Å². The van der Waals surface area contributed by atoms with Gasteiger partial charge in [0.2, 0.25) is 5.91 Å². The van der Waals surface area contributed by atoms with E-state index in [0.717, 1.165) is 22.6 Å². The minimum Gasteiger partial charge on any atom is -0.351 e. The predicted octanol–water partition coefficient (Wildman–Crippen LogP) is 1.20. The third-order valence-corrected chi connectivity index (χ3v) is 6.22. The number of carbonyl (C=O) groups is 1. The van der Waals surface area contributed by atoms with Gasteiger partial charge in [-0.05, 0) is 24.8 Å². The Morgan fingerprint density at radius 1 is 1.43 bits per heavy atom. The molecule has 1 N–H and O–H groups in total. The summed E-state index contributed by atoms with van der Waals surface area (Å²) in [4.78, 5) is 16.9. The van der Waals surface area contributed by atoms with Crippen molar-refractivity contribution < 1.29 is 13.2 Å². The molecule has 3 rings (SSSR count). The topological polar surface area (TPSA) is 81.1 Å². The maximum absolute atomic E-state index is 12.3. The van der Waals surface area contributed by atoms with Crippen LogP contribution in [0.1, 0.15) is 12.2 Å². The molecule has 0 radical (unpaired) electrons. The fourth-order valence-corrected chi connectivity index (χ4v) is 5.02. The minimum absolute atomic E-state index is 0.0427. The summed E-state index contributed by atoms with van der Waals surface area (Å²) in [7, 11) is -2.99. The van der Waals surface area contributed by atoms with Gasteiger partial charge in [-0.3, -0.25) is 4.79 Å². The zero-order chi connectivity index (χ0) is 16.4. The number of imidazole rings is 1. The molecule has 0 saturated carbocycles. The Labute approximate surface area is 139 Å². The fraction of sp³-hybridized carbons (Fsp3) is 0.467. The van der Waals surface area contributed by atoms with Crippen LogP contribution in [0.25, 0.3) is 11.0 Å². The van der Waals surface area contributed by atoms with Crippen LogP contribution in [0.3, 0.4) is 0 Å². The van der Waals surface area contributed by atoms with Gasteiger partial charge in [-0.1, -0.05) is 12.1 Å². The normalized spacial score (nSPS) is 20.0. The van der Waals surface area contributed by atoms with Gasteiger partial charge in [0, 0.05) is 6.04 Å². The average molecular weight is 353 g/mol. The van der Waals surface area contributed by atoms with Crippen LogP contribution in [0.4, 0.5) is 0 Å². The molecular formula is C15H19N3O3S2. The lowest BCUT2D eigenvalue weighted by molar-refractivity contribution is -0.122. The molecule has 1 fully saturated rings. The molecule has 0 bridgehead atoms. The maximum Gasteiger partial charge on any atom is 0.240 e. The molecule has 2 heterocycles. The van der Waals surface area contributed by atoms with Gasteiger partial charge < -0.3 is 9.88 Å². The van der Waals surface area contributed by atoms with Gasteiger partial charge in [0.25, 0.3) is 0 Å². The highest BCUT2D eigenvalue weighted by molar-refractivity contribution is 7.97. The lowest BCUT2D eigenvalue weighted by Crippen LogP contribution is -2.37. The molecule has 1 aromatic carbocycles. The molecule has 8 heteroatoms. The largest absolute Gasteiger partial charge is 0.351 e. The molecule has 2 aromatic rings. The van der Waals surface area contributed by atoms with Crippen molar-refractivity contribution in [3.05, 3.63) is 30.1 Å². The first kappa shape index (κ1) is 16.3. The summed E-state index contributed by atoms with van der Waals surface area (Å²) in [6.07, 6.45) is 2.49. The Kier molecular flexibility index (Phi) is 4.63. The summed E-state index contributed by atoms with van der Waals surface area (Å²) < 4.78 is 24.9. The molecule has 124 valence electrons. The third-order valence-electron chi connectivity index (χ3n) is 3.91. The number of rotatable bonds is 5. The minimum atomic E-state index is -2.99. The van der Waals surface area contributed by atoms with E-state index in [1.54, 1.807) is 11.8 Å². The van der Waals surface area contributed by atoms with Crippen molar-refractivity contribution in [1.82, 2.24) is 14.9 Å². The first-order valence-corrected chi connectivity index (χ1v) is 10.6. The van der Waals surface area contributed by atoms with Gasteiger partial charge in [-0.25, -0.2) is 13.4 Å². The first-order valence-electron chi connectivity index (χ1n) is 7.41. The Balaban J connectivity index is 1.77. The Morgan fingerprint density at radius 3 is 2.91 bits per heavy atom. The number of aromatic nitrogens is 2. The SMILES string of the molecule is CSCc1nc2ccccc2n1CC(=O)NC1CCS(=O)(=O)C1. The monoisotopic (exact) mass is 353 g/mol. The van der Waals surface area contributed by atoms with Gasteiger partial charge in [-0.15, -0.1) is 0 Å². The van der Waals surface area contributed by atoms with Crippen molar-refractivity contribution in [3.63, 3.8) is 0 Å². The standard InChI is InChI=1S/C15H19N3O3S2/c1-22-9-14-17-12-4-2-3-5-13(12)18(14)8-15(19)16-11-6-7-23(20,21)10-11/h2-5,11H,6-10H2,1H3,(H,16,19). The number of nitrogens with zero attached hydrogens (tertiary/aromatic N) is 2. The van der Waals surface area contributed by atoms with E-state index in [1.807, 2.05) is 35.1 Å². The van der Waals surface area contributed by atoms with E-state index in [2.05, 4.69) is 10.3 Å². The molecule has 1 aliphatic heterocycles. The molecule has 1 aliphatic rings. The van der Waals surface area contributed by atoms with Crippen LogP contribution in [0, 0.1) is 0 Å². The van der Waals surface area contributed by atoms with Crippen molar-refractivity contribution in [2.45, 2.75) is 24.8 Å². The van der Waals surface area contributed by atoms with Gasteiger partial charge in [-0.2, -0.15) is 11.8 Å². The van der Waals surface area contributed by atoms with Gasteiger partial charge in [0.05, 0.1) is 28.3 Å². The number of sulfone groups is 1. The second kappa shape index (κ2) is 6.52. The number of fused-ring (bicyclic) bond motifs is 1. The van der Waals surface area contributed by atoms with Crippen LogP contribution >= 0.6 is 11.8 Å². The van der Waals surface area contributed by atoms with Crippen LogP contribution in [-0.2, 0) is 26.9 Å². The lowest BCUT2D eigenvalue weighted by Gasteiger charge is -2.13. The van der Waals surface area contributed by atoms with E-state index in [9.17, 15) is 13.2 Å². The van der Waals surface area contributed by atoms with Gasteiger partial charge >= 0.3 is 0 Å². The third kappa shape index (κ3) is 3.69. The van der Waals surface area contributed by atoms with Crippen LogP contribution in [-0.4, -0.2) is 47.7 Å². The molecule has 0 spiro atoms. The van der Waals surface area contributed by atoms with E-state index < -0.39 is 9.84 Å². The molecule has 1 atom stereocenters. The lowest BCUT2D eigenvalue weighted by atomic mass is 10.2. The Morgan fingerprint density at radius 2 is 2.22 bits per heavy atom. The molecular weight excluding hydrogens is 334 g/mol. The van der Waals surface area contributed by atoms with Gasteiger partial charge in [0.1, 0.15) is 12.4 Å². The van der Waals surface area contributed by atoms with Crippen molar-refractivity contribution in [2.75, 3.05) is 17.8 Å². The summed E-state index contributed by atoms with van der Waals surface area (Å²) in [6, 6.07) is 7.44. The molecule has 6 nitrogen and oxygen atoms in total. The summed E-state index contributed by atoms with van der Waals surface area (Å²) in [6.45, 7) is 0.160. The molecule has 1 amide bonds. The van der Waals surface area contributed by atoms with Crippen molar-refractivity contribution in [3.8, 4) is 0 Å². The van der Waals surface area contributed by atoms with Crippen LogP contribution in [0.5, 0.6) is 0 Å². The van der Waals surface area contributed by atoms with E-state index >= 15 is 0 Å². The van der Waals surface area contributed by atoms with Crippen molar-refractivity contribution in [2.24, 2.45) is 0 Å². The highest BCUT2D eigenvalue weighted by Crippen LogP contribution is 2.19. The van der Waals surface area contributed by atoms with E-state index in [-0.39, 0.29) is 30.0 Å². The van der Waals surface area contributed by atoms with Crippen molar-refractivity contribution in [1.29, 1.82) is 0 Å². The van der Waals surface area contributed by atoms with Crippen LogP contribution in [0.15, 0.2) is 24.3 Å². The molecule has 1 aromatic heterocycles. The summed E-state index contributed by atoms with van der Waals surface area (Å²) in [5.41, 5.74) is 1.79. The second-order valence-corrected chi connectivity index (χ2v) is 8.80. The fourth-order valence-electron chi connectivity index (χ4n) is 2.87. The molecule has 1 unspecified atom stereocenters. The average Bonchev–Trinajstić information content (AvgIpc) is 3.00.